The number of carbonyl (C=O) groups is 1. The number of thioether (sulfide) groups is 1. The number of benzene rings is 1. The van der Waals surface area contributed by atoms with Gasteiger partial charge in [-0.15, -0.1) is 0 Å². The van der Waals surface area contributed by atoms with Crippen LogP contribution < -0.4 is 5.32 Å². The molecule has 98 valence electrons. The first-order valence-corrected chi connectivity index (χ1v) is 7.36. The van der Waals surface area contributed by atoms with E-state index in [4.69, 9.17) is 4.74 Å². The first-order valence-electron chi connectivity index (χ1n) is 6.21. The predicted molar refractivity (Wildman–Crippen MR) is 76.4 cm³/mol. The van der Waals surface area contributed by atoms with Gasteiger partial charge >= 0.3 is 5.97 Å². The summed E-state index contributed by atoms with van der Waals surface area (Å²) in [5.74, 6) is 3.03. The molecule has 1 N–H and O–H groups in total. The van der Waals surface area contributed by atoms with Crippen molar-refractivity contribution in [2.45, 2.75) is 13.3 Å². The van der Waals surface area contributed by atoms with Crippen molar-refractivity contribution in [3.63, 3.8) is 0 Å². The lowest BCUT2D eigenvalue weighted by atomic mass is 10.1. The van der Waals surface area contributed by atoms with Gasteiger partial charge in [0.2, 0.25) is 0 Å². The fraction of sp³-hybridized carbons (Fsp3) is 0.500. The fourth-order valence-corrected chi connectivity index (χ4v) is 3.39. The highest BCUT2D eigenvalue weighted by atomic mass is 32.2. The lowest BCUT2D eigenvalue weighted by Gasteiger charge is -2.14. The van der Waals surface area contributed by atoms with Crippen LogP contribution in [0.15, 0.2) is 18.2 Å². The van der Waals surface area contributed by atoms with Gasteiger partial charge in [-0.05, 0) is 54.5 Å². The lowest BCUT2D eigenvalue weighted by molar-refractivity contribution is 0.0600. The second-order valence-corrected chi connectivity index (χ2v) is 5.78. The minimum absolute atomic E-state index is 0.281. The molecule has 0 bridgehead atoms. The molecule has 0 saturated carbocycles. The SMILES string of the molecule is COC(=O)c1ccc(NCC2CCSC2)c(C)c1. The zero-order valence-electron chi connectivity index (χ0n) is 10.9. The Morgan fingerprint density at radius 3 is 3.00 bits per heavy atom. The number of carbonyl (C=O) groups excluding carboxylic acids is 1. The van der Waals surface area contributed by atoms with Crippen molar-refractivity contribution in [3.05, 3.63) is 29.3 Å². The summed E-state index contributed by atoms with van der Waals surface area (Å²) in [6, 6.07) is 5.64. The maximum Gasteiger partial charge on any atom is 0.337 e. The molecule has 1 atom stereocenters. The minimum Gasteiger partial charge on any atom is -0.465 e. The first kappa shape index (κ1) is 13.3. The van der Waals surface area contributed by atoms with Gasteiger partial charge in [-0.2, -0.15) is 11.8 Å². The van der Waals surface area contributed by atoms with Crippen LogP contribution in [-0.4, -0.2) is 31.1 Å². The molecule has 0 radical (unpaired) electrons. The topological polar surface area (TPSA) is 38.3 Å². The van der Waals surface area contributed by atoms with E-state index in [1.54, 1.807) is 0 Å². The Bertz CT molecular complexity index is 428. The Morgan fingerprint density at radius 2 is 2.39 bits per heavy atom. The van der Waals surface area contributed by atoms with Crippen LogP contribution in [0.2, 0.25) is 0 Å². The molecule has 1 saturated heterocycles. The van der Waals surface area contributed by atoms with Crippen molar-refractivity contribution < 1.29 is 9.53 Å². The summed E-state index contributed by atoms with van der Waals surface area (Å²) in [4.78, 5) is 11.4. The van der Waals surface area contributed by atoms with Crippen LogP contribution in [0.4, 0.5) is 5.69 Å². The molecule has 2 rings (SSSR count). The summed E-state index contributed by atoms with van der Waals surface area (Å²) in [5.41, 5.74) is 2.81. The molecule has 1 aromatic carbocycles. The summed E-state index contributed by atoms with van der Waals surface area (Å²) in [7, 11) is 1.40. The second-order valence-electron chi connectivity index (χ2n) is 4.63. The fourth-order valence-electron chi connectivity index (χ4n) is 2.11. The van der Waals surface area contributed by atoms with Crippen LogP contribution in [0, 0.1) is 12.8 Å². The molecule has 0 spiro atoms. The van der Waals surface area contributed by atoms with Crippen molar-refractivity contribution in [1.29, 1.82) is 0 Å². The van der Waals surface area contributed by atoms with Crippen LogP contribution in [0.1, 0.15) is 22.3 Å². The largest absolute Gasteiger partial charge is 0.465 e. The zero-order valence-corrected chi connectivity index (χ0v) is 11.7. The van der Waals surface area contributed by atoms with E-state index in [2.05, 4.69) is 5.32 Å². The average molecular weight is 265 g/mol. The van der Waals surface area contributed by atoms with Gasteiger partial charge in [0.25, 0.3) is 0 Å². The highest BCUT2D eigenvalue weighted by Gasteiger charge is 2.15. The predicted octanol–water partition coefficient (Wildman–Crippen LogP) is 2.95. The van der Waals surface area contributed by atoms with Crippen LogP contribution in [0.3, 0.4) is 0 Å². The number of ether oxygens (including phenoxy) is 1. The Morgan fingerprint density at radius 1 is 1.56 bits per heavy atom. The Labute approximate surface area is 112 Å². The van der Waals surface area contributed by atoms with E-state index >= 15 is 0 Å². The number of rotatable bonds is 4. The minimum atomic E-state index is -0.281. The molecular formula is C14H19NO2S. The van der Waals surface area contributed by atoms with Gasteiger partial charge in [0.1, 0.15) is 0 Å². The van der Waals surface area contributed by atoms with E-state index in [1.165, 1.54) is 25.0 Å². The molecule has 0 aromatic heterocycles. The first-order chi connectivity index (χ1) is 8.70. The molecule has 4 heteroatoms. The molecule has 3 nitrogen and oxygen atoms in total. The number of methoxy groups -OCH3 is 1. The summed E-state index contributed by atoms with van der Waals surface area (Å²) in [6.45, 7) is 3.03. The van der Waals surface area contributed by atoms with Gasteiger partial charge in [0.15, 0.2) is 0 Å². The number of hydrogen-bond acceptors (Lipinski definition) is 4. The maximum absolute atomic E-state index is 11.4. The van der Waals surface area contributed by atoms with Gasteiger partial charge in [-0.25, -0.2) is 4.79 Å². The number of nitrogens with one attached hydrogen (secondary N) is 1. The Hall–Kier alpha value is -1.16. The molecule has 1 fully saturated rings. The van der Waals surface area contributed by atoms with E-state index in [0.717, 1.165) is 23.7 Å². The lowest BCUT2D eigenvalue weighted by Crippen LogP contribution is -2.14. The third-order valence-electron chi connectivity index (χ3n) is 3.25. The quantitative estimate of drug-likeness (QED) is 0.849. The molecule has 1 aromatic rings. The van der Waals surface area contributed by atoms with E-state index in [-0.39, 0.29) is 5.97 Å². The monoisotopic (exact) mass is 265 g/mol. The van der Waals surface area contributed by atoms with E-state index in [9.17, 15) is 4.79 Å². The second kappa shape index (κ2) is 6.14. The maximum atomic E-state index is 11.4. The van der Waals surface area contributed by atoms with Crippen LogP contribution in [-0.2, 0) is 4.74 Å². The van der Waals surface area contributed by atoms with E-state index in [1.807, 2.05) is 36.9 Å². The molecule has 1 aliphatic heterocycles. The van der Waals surface area contributed by atoms with Gasteiger partial charge in [0, 0.05) is 12.2 Å². The molecule has 0 amide bonds. The van der Waals surface area contributed by atoms with E-state index in [0.29, 0.717) is 5.56 Å². The number of anilines is 1. The Kier molecular flexibility index (Phi) is 4.53. The Balaban J connectivity index is 1.98. The van der Waals surface area contributed by atoms with Crippen molar-refractivity contribution in [3.8, 4) is 0 Å². The summed E-state index contributed by atoms with van der Waals surface area (Å²) < 4.78 is 4.71. The smallest absolute Gasteiger partial charge is 0.337 e. The summed E-state index contributed by atoms with van der Waals surface area (Å²) in [5, 5.41) is 3.47. The summed E-state index contributed by atoms with van der Waals surface area (Å²) in [6.07, 6.45) is 1.30. The van der Waals surface area contributed by atoms with Crippen molar-refractivity contribution in [2.75, 3.05) is 30.5 Å². The van der Waals surface area contributed by atoms with Gasteiger partial charge in [-0.3, -0.25) is 0 Å². The molecule has 18 heavy (non-hydrogen) atoms. The van der Waals surface area contributed by atoms with Gasteiger partial charge in [-0.1, -0.05) is 0 Å². The molecule has 0 aliphatic carbocycles. The molecular weight excluding hydrogens is 246 g/mol. The average Bonchev–Trinajstić information content (AvgIpc) is 2.89. The standard InChI is InChI=1S/C14H19NO2S/c1-10-7-12(14(16)17-2)3-4-13(10)15-8-11-5-6-18-9-11/h3-4,7,11,15H,5-6,8-9H2,1-2H3. The van der Waals surface area contributed by atoms with E-state index < -0.39 is 0 Å². The highest BCUT2D eigenvalue weighted by Crippen LogP contribution is 2.24. The summed E-state index contributed by atoms with van der Waals surface area (Å²) >= 11 is 2.03. The van der Waals surface area contributed by atoms with Crippen LogP contribution in [0.5, 0.6) is 0 Å². The highest BCUT2D eigenvalue weighted by molar-refractivity contribution is 7.99. The van der Waals surface area contributed by atoms with Crippen LogP contribution in [0.25, 0.3) is 0 Å². The third kappa shape index (κ3) is 3.19. The van der Waals surface area contributed by atoms with Crippen molar-refractivity contribution >= 4 is 23.4 Å². The normalized spacial score (nSPS) is 18.7. The van der Waals surface area contributed by atoms with Crippen LogP contribution >= 0.6 is 11.8 Å². The molecule has 1 heterocycles. The number of hydrogen-bond donors (Lipinski definition) is 1. The zero-order chi connectivity index (χ0) is 13.0. The van der Waals surface area contributed by atoms with Crippen molar-refractivity contribution in [1.82, 2.24) is 0 Å². The molecule has 1 aliphatic rings. The number of esters is 1. The van der Waals surface area contributed by atoms with Gasteiger partial charge in [0.05, 0.1) is 12.7 Å². The number of aryl methyl sites for hydroxylation is 1. The van der Waals surface area contributed by atoms with Gasteiger partial charge < -0.3 is 10.1 Å². The van der Waals surface area contributed by atoms with Crippen molar-refractivity contribution in [2.24, 2.45) is 5.92 Å². The third-order valence-corrected chi connectivity index (χ3v) is 4.48. The molecule has 1 unspecified atom stereocenters.